The maximum Gasteiger partial charge on any atom is 0.286 e. The summed E-state index contributed by atoms with van der Waals surface area (Å²) in [5.41, 5.74) is 5.16. The molecule has 0 saturated carbocycles. The minimum Gasteiger partial charge on any atom is -0.496 e. The lowest BCUT2D eigenvalue weighted by Gasteiger charge is -2.37. The van der Waals surface area contributed by atoms with E-state index in [1.54, 1.807) is 7.11 Å². The third-order valence-electron chi connectivity index (χ3n) is 6.42. The maximum absolute atomic E-state index is 11.8. The molecule has 0 aliphatic carbocycles. The number of amides is 2. The van der Waals surface area contributed by atoms with E-state index in [1.807, 2.05) is 24.3 Å². The number of imide groups is 1. The van der Waals surface area contributed by atoms with Crippen molar-refractivity contribution in [3.05, 3.63) is 52.1 Å². The molecule has 6 nitrogen and oxygen atoms in total. The molecular formula is C25H29NO5S. The molecule has 4 rings (SSSR count). The van der Waals surface area contributed by atoms with E-state index in [9.17, 15) is 9.59 Å². The summed E-state index contributed by atoms with van der Waals surface area (Å²) < 4.78 is 18.2. The van der Waals surface area contributed by atoms with Gasteiger partial charge in [0, 0.05) is 5.56 Å². The van der Waals surface area contributed by atoms with Crippen LogP contribution in [0, 0.1) is 20.8 Å². The van der Waals surface area contributed by atoms with Crippen LogP contribution in [0.25, 0.3) is 0 Å². The second-order valence-electron chi connectivity index (χ2n) is 8.79. The Balaban J connectivity index is 1.41. The number of nitrogens with one attached hydrogen (secondary N) is 1. The summed E-state index contributed by atoms with van der Waals surface area (Å²) in [7, 11) is 1.72. The Morgan fingerprint density at radius 3 is 2.47 bits per heavy atom. The molecule has 170 valence electrons. The molecule has 1 N–H and O–H groups in total. The number of benzene rings is 2. The van der Waals surface area contributed by atoms with E-state index in [0.717, 1.165) is 64.1 Å². The Kier molecular flexibility index (Phi) is 6.12. The van der Waals surface area contributed by atoms with Crippen LogP contribution in [0.4, 0.5) is 4.79 Å². The number of thioether (sulfide) groups is 1. The van der Waals surface area contributed by atoms with Crippen LogP contribution in [0.1, 0.15) is 41.2 Å². The molecule has 2 unspecified atom stereocenters. The zero-order chi connectivity index (χ0) is 23.0. The lowest BCUT2D eigenvalue weighted by atomic mass is 9.87. The SMILES string of the molecule is COc1c(C)c(C)c2c(c1C)CCC(C)(COc1ccc(CC3SC(=O)NC3=O)cc1)O2. The Hall–Kier alpha value is -2.67. The van der Waals surface area contributed by atoms with Crippen LogP contribution < -0.4 is 19.5 Å². The number of rotatable bonds is 6. The van der Waals surface area contributed by atoms with Crippen LogP contribution in [-0.4, -0.2) is 35.7 Å². The van der Waals surface area contributed by atoms with Gasteiger partial charge in [0.05, 0.1) is 12.4 Å². The number of carbonyl (C=O) groups excluding carboxylic acids is 2. The molecule has 7 heteroatoms. The van der Waals surface area contributed by atoms with Gasteiger partial charge in [-0.3, -0.25) is 14.9 Å². The van der Waals surface area contributed by atoms with Crippen LogP contribution in [0.3, 0.4) is 0 Å². The lowest BCUT2D eigenvalue weighted by Crippen LogP contribution is -2.42. The first-order chi connectivity index (χ1) is 15.2. The molecule has 0 bridgehead atoms. The number of hydrogen-bond donors (Lipinski definition) is 1. The molecule has 0 spiro atoms. The Bertz CT molecular complexity index is 1070. The van der Waals surface area contributed by atoms with Gasteiger partial charge in [0.2, 0.25) is 5.91 Å². The molecule has 2 heterocycles. The number of fused-ring (bicyclic) bond motifs is 1. The normalized spacial score (nSPS) is 22.2. The van der Waals surface area contributed by atoms with Gasteiger partial charge < -0.3 is 14.2 Å². The number of carbonyl (C=O) groups is 2. The first-order valence-electron chi connectivity index (χ1n) is 10.8. The van der Waals surface area contributed by atoms with Crippen molar-refractivity contribution in [2.75, 3.05) is 13.7 Å². The van der Waals surface area contributed by atoms with E-state index >= 15 is 0 Å². The van der Waals surface area contributed by atoms with Crippen molar-refractivity contribution in [3.63, 3.8) is 0 Å². The first-order valence-corrected chi connectivity index (χ1v) is 11.7. The topological polar surface area (TPSA) is 73.9 Å². The van der Waals surface area contributed by atoms with E-state index in [4.69, 9.17) is 14.2 Å². The van der Waals surface area contributed by atoms with Crippen molar-refractivity contribution >= 4 is 22.9 Å². The van der Waals surface area contributed by atoms with Gasteiger partial charge in [-0.25, -0.2) is 0 Å². The number of ether oxygens (including phenoxy) is 3. The molecule has 0 aromatic heterocycles. The molecular weight excluding hydrogens is 426 g/mol. The standard InChI is InChI=1S/C25H29NO5S/c1-14-15(2)22-19(16(3)21(14)29-5)10-11-25(4,31-22)13-30-18-8-6-17(7-9-18)12-20-23(27)26-24(28)32-20/h6-9,20H,10-13H2,1-5H3,(H,26,27,28). The van der Waals surface area contributed by atoms with Gasteiger partial charge in [-0.15, -0.1) is 0 Å². The monoisotopic (exact) mass is 455 g/mol. The van der Waals surface area contributed by atoms with Gasteiger partial charge in [0.15, 0.2) is 0 Å². The van der Waals surface area contributed by atoms with Gasteiger partial charge in [-0.2, -0.15) is 0 Å². The summed E-state index contributed by atoms with van der Waals surface area (Å²) in [5, 5.41) is 1.68. The van der Waals surface area contributed by atoms with Crippen LogP contribution >= 0.6 is 11.8 Å². The van der Waals surface area contributed by atoms with Crippen molar-refractivity contribution in [2.24, 2.45) is 0 Å². The molecule has 2 amide bonds. The van der Waals surface area contributed by atoms with Crippen molar-refractivity contribution in [3.8, 4) is 17.2 Å². The fraction of sp³-hybridized carbons (Fsp3) is 0.440. The molecule has 2 aromatic carbocycles. The van der Waals surface area contributed by atoms with Gasteiger partial charge in [-0.1, -0.05) is 23.9 Å². The summed E-state index contributed by atoms with van der Waals surface area (Å²) in [6.45, 7) is 8.77. The molecule has 2 atom stereocenters. The van der Waals surface area contributed by atoms with Crippen molar-refractivity contribution in [1.82, 2.24) is 5.32 Å². The number of methoxy groups -OCH3 is 1. The second kappa shape index (κ2) is 8.70. The van der Waals surface area contributed by atoms with E-state index in [1.165, 1.54) is 5.56 Å². The van der Waals surface area contributed by atoms with Crippen molar-refractivity contribution < 1.29 is 23.8 Å². The number of hydrogen-bond acceptors (Lipinski definition) is 6. The summed E-state index contributed by atoms with van der Waals surface area (Å²) in [6.07, 6.45) is 2.28. The Morgan fingerprint density at radius 2 is 1.84 bits per heavy atom. The highest BCUT2D eigenvalue weighted by Crippen LogP contribution is 2.43. The van der Waals surface area contributed by atoms with Crippen LogP contribution in [0.2, 0.25) is 0 Å². The summed E-state index contributed by atoms with van der Waals surface area (Å²) >= 11 is 1.05. The minimum absolute atomic E-state index is 0.221. The van der Waals surface area contributed by atoms with E-state index < -0.39 is 5.60 Å². The van der Waals surface area contributed by atoms with Crippen LogP contribution in [0.15, 0.2) is 24.3 Å². The quantitative estimate of drug-likeness (QED) is 0.682. The van der Waals surface area contributed by atoms with Gasteiger partial charge in [-0.05, 0) is 81.3 Å². The van der Waals surface area contributed by atoms with E-state index in [0.29, 0.717) is 13.0 Å². The molecule has 32 heavy (non-hydrogen) atoms. The van der Waals surface area contributed by atoms with E-state index in [2.05, 4.69) is 33.0 Å². The lowest BCUT2D eigenvalue weighted by molar-refractivity contribution is -0.118. The van der Waals surface area contributed by atoms with Crippen LogP contribution in [-0.2, 0) is 17.6 Å². The Labute approximate surface area is 193 Å². The average Bonchev–Trinajstić information content (AvgIpc) is 3.08. The molecule has 2 aliphatic rings. The zero-order valence-electron chi connectivity index (χ0n) is 19.2. The third-order valence-corrected chi connectivity index (χ3v) is 7.40. The molecule has 2 aliphatic heterocycles. The minimum atomic E-state index is -0.428. The second-order valence-corrected chi connectivity index (χ2v) is 9.96. The van der Waals surface area contributed by atoms with Crippen molar-refractivity contribution in [1.29, 1.82) is 0 Å². The summed E-state index contributed by atoms with van der Waals surface area (Å²) in [6, 6.07) is 7.68. The predicted octanol–water partition coefficient (Wildman–Crippen LogP) is 4.68. The Morgan fingerprint density at radius 1 is 1.12 bits per heavy atom. The maximum atomic E-state index is 11.8. The summed E-state index contributed by atoms with van der Waals surface area (Å²) in [5.74, 6) is 2.43. The molecule has 1 fully saturated rings. The fourth-order valence-electron chi connectivity index (χ4n) is 4.39. The largest absolute Gasteiger partial charge is 0.496 e. The fourth-order valence-corrected chi connectivity index (χ4v) is 5.25. The first kappa shape index (κ1) is 22.5. The smallest absolute Gasteiger partial charge is 0.286 e. The summed E-state index contributed by atoms with van der Waals surface area (Å²) in [4.78, 5) is 23.1. The predicted molar refractivity (Wildman–Crippen MR) is 125 cm³/mol. The highest BCUT2D eigenvalue weighted by atomic mass is 32.2. The zero-order valence-corrected chi connectivity index (χ0v) is 20.0. The van der Waals surface area contributed by atoms with Gasteiger partial charge in [0.1, 0.15) is 29.5 Å². The van der Waals surface area contributed by atoms with Crippen LogP contribution in [0.5, 0.6) is 17.2 Å². The highest BCUT2D eigenvalue weighted by Gasteiger charge is 2.36. The highest BCUT2D eigenvalue weighted by molar-refractivity contribution is 8.15. The van der Waals surface area contributed by atoms with Gasteiger partial charge >= 0.3 is 0 Å². The molecule has 2 aromatic rings. The van der Waals surface area contributed by atoms with Crippen molar-refractivity contribution in [2.45, 2.75) is 57.8 Å². The third kappa shape index (κ3) is 4.31. The average molecular weight is 456 g/mol. The molecule has 1 saturated heterocycles. The van der Waals surface area contributed by atoms with E-state index in [-0.39, 0.29) is 16.4 Å². The molecule has 0 radical (unpaired) electrons. The van der Waals surface area contributed by atoms with Gasteiger partial charge in [0.25, 0.3) is 5.24 Å².